The molecule has 0 amide bonds. The summed E-state index contributed by atoms with van der Waals surface area (Å²) in [6.07, 6.45) is 4.94. The molecule has 1 unspecified atom stereocenters. The third kappa shape index (κ3) is 4.95. The molecule has 0 fully saturated rings. The fourth-order valence-electron chi connectivity index (χ4n) is 4.50. The smallest absolute Gasteiger partial charge is 0.0597 e. The summed E-state index contributed by atoms with van der Waals surface area (Å²) in [5.41, 5.74) is 10.6. The van der Waals surface area contributed by atoms with Crippen molar-refractivity contribution in [2.45, 2.75) is 36.8 Å². The average Bonchev–Trinajstić information content (AvgIpc) is 3.30. The van der Waals surface area contributed by atoms with Crippen LogP contribution in [0, 0.1) is 20.8 Å². The van der Waals surface area contributed by atoms with Gasteiger partial charge in [-0.25, -0.2) is 0 Å². The van der Waals surface area contributed by atoms with E-state index < -0.39 is 0 Å². The zero-order chi connectivity index (χ0) is 23.5. The molecule has 1 aliphatic carbocycles. The van der Waals surface area contributed by atoms with Gasteiger partial charge in [0.05, 0.1) is 5.25 Å². The van der Waals surface area contributed by atoms with Crippen LogP contribution >= 0.6 is 11.8 Å². The maximum atomic E-state index is 2.49. The standard InChI is InChI=1S/C33H30S/c1-23-9-15-26(16-10-23)29-21-31(27-17-11-24(2)12-18-27)32(22-29)33(28-19-13-25(3)14-20-28)34-30-7-5-4-6-8-30/h4-22,29,33H,1-3H3/t29?,33-/m1/s1. The first-order valence-electron chi connectivity index (χ1n) is 11.9. The van der Waals surface area contributed by atoms with Gasteiger partial charge < -0.3 is 0 Å². The van der Waals surface area contributed by atoms with Crippen LogP contribution in [0.4, 0.5) is 0 Å². The van der Waals surface area contributed by atoms with Gasteiger partial charge in [-0.05, 0) is 60.7 Å². The van der Waals surface area contributed by atoms with Gasteiger partial charge in [-0.3, -0.25) is 0 Å². The van der Waals surface area contributed by atoms with Crippen LogP contribution in [-0.4, -0.2) is 0 Å². The van der Waals surface area contributed by atoms with Crippen LogP contribution in [0.2, 0.25) is 0 Å². The lowest BCUT2D eigenvalue weighted by atomic mass is 9.94. The maximum Gasteiger partial charge on any atom is 0.0597 e. The molecule has 1 aliphatic rings. The van der Waals surface area contributed by atoms with E-state index in [1.54, 1.807) is 0 Å². The fraction of sp³-hybridized carbons (Fsp3) is 0.152. The summed E-state index contributed by atoms with van der Waals surface area (Å²) in [4.78, 5) is 1.29. The molecule has 0 spiro atoms. The highest BCUT2D eigenvalue weighted by atomic mass is 32.2. The summed E-state index contributed by atoms with van der Waals surface area (Å²) in [6.45, 7) is 6.46. The SMILES string of the molecule is Cc1ccc(C2=CC(c3ccc(C)cc3)C=C2[C@H](Sc2ccccc2)c2ccc(C)cc2)cc1. The first-order valence-corrected chi connectivity index (χ1v) is 12.8. The third-order valence-corrected chi connectivity index (χ3v) is 7.81. The van der Waals surface area contributed by atoms with Crippen LogP contribution in [0.3, 0.4) is 0 Å². The van der Waals surface area contributed by atoms with Crippen molar-refractivity contribution in [1.29, 1.82) is 0 Å². The second-order valence-electron chi connectivity index (χ2n) is 9.23. The van der Waals surface area contributed by atoms with Gasteiger partial charge in [0.25, 0.3) is 0 Å². The lowest BCUT2D eigenvalue weighted by molar-refractivity contribution is 1.08. The Morgan fingerprint density at radius 3 is 1.76 bits per heavy atom. The van der Waals surface area contributed by atoms with E-state index in [1.807, 2.05) is 11.8 Å². The summed E-state index contributed by atoms with van der Waals surface area (Å²) in [6, 6.07) is 37.8. The molecular weight excluding hydrogens is 428 g/mol. The average molecular weight is 459 g/mol. The molecule has 34 heavy (non-hydrogen) atoms. The summed E-state index contributed by atoms with van der Waals surface area (Å²) >= 11 is 1.94. The zero-order valence-electron chi connectivity index (χ0n) is 20.0. The van der Waals surface area contributed by atoms with Crippen molar-refractivity contribution >= 4 is 17.3 Å². The molecule has 2 atom stereocenters. The van der Waals surface area contributed by atoms with Gasteiger partial charge in [-0.15, -0.1) is 11.8 Å². The minimum absolute atomic E-state index is 0.214. The molecule has 0 nitrogen and oxygen atoms in total. The zero-order valence-corrected chi connectivity index (χ0v) is 20.8. The van der Waals surface area contributed by atoms with E-state index in [0.717, 1.165) is 0 Å². The minimum atomic E-state index is 0.214. The molecule has 0 saturated carbocycles. The Labute approximate surface area is 208 Å². The topological polar surface area (TPSA) is 0 Å². The molecule has 0 radical (unpaired) electrons. The molecule has 0 bridgehead atoms. The van der Waals surface area contributed by atoms with Crippen molar-refractivity contribution in [2.24, 2.45) is 0 Å². The van der Waals surface area contributed by atoms with Crippen molar-refractivity contribution in [3.63, 3.8) is 0 Å². The van der Waals surface area contributed by atoms with Gasteiger partial charge in [0.1, 0.15) is 0 Å². The van der Waals surface area contributed by atoms with Crippen LogP contribution in [0.1, 0.15) is 44.5 Å². The van der Waals surface area contributed by atoms with E-state index in [1.165, 1.54) is 49.4 Å². The Kier molecular flexibility index (Phi) is 6.56. The van der Waals surface area contributed by atoms with Crippen LogP contribution in [0.15, 0.2) is 126 Å². The second-order valence-corrected chi connectivity index (χ2v) is 10.4. The van der Waals surface area contributed by atoms with E-state index in [2.05, 4.69) is 136 Å². The first-order chi connectivity index (χ1) is 16.6. The Hall–Kier alpha value is -3.29. The molecule has 4 aromatic rings. The lowest BCUT2D eigenvalue weighted by Gasteiger charge is -2.22. The third-order valence-electron chi connectivity index (χ3n) is 6.50. The van der Waals surface area contributed by atoms with Gasteiger partial charge in [0.2, 0.25) is 0 Å². The van der Waals surface area contributed by atoms with Crippen LogP contribution < -0.4 is 0 Å². The Morgan fingerprint density at radius 2 is 1.15 bits per heavy atom. The van der Waals surface area contributed by atoms with E-state index in [9.17, 15) is 0 Å². The summed E-state index contributed by atoms with van der Waals surface area (Å²) in [5, 5.41) is 0.214. The normalized spacial score (nSPS) is 16.1. The predicted octanol–water partition coefficient (Wildman–Crippen LogP) is 9.25. The lowest BCUT2D eigenvalue weighted by Crippen LogP contribution is -2.01. The highest BCUT2D eigenvalue weighted by molar-refractivity contribution is 7.99. The monoisotopic (exact) mass is 458 g/mol. The highest BCUT2D eigenvalue weighted by Gasteiger charge is 2.28. The van der Waals surface area contributed by atoms with Crippen molar-refractivity contribution in [2.75, 3.05) is 0 Å². The number of hydrogen-bond donors (Lipinski definition) is 0. The molecule has 0 N–H and O–H groups in total. The Morgan fingerprint density at radius 1 is 0.588 bits per heavy atom. The van der Waals surface area contributed by atoms with Crippen molar-refractivity contribution in [3.05, 3.63) is 154 Å². The Balaban J connectivity index is 1.63. The van der Waals surface area contributed by atoms with E-state index in [4.69, 9.17) is 0 Å². The molecule has 0 saturated heterocycles. The van der Waals surface area contributed by atoms with E-state index in [-0.39, 0.29) is 11.2 Å². The summed E-state index contributed by atoms with van der Waals surface area (Å²) in [5.74, 6) is 0.274. The number of hydrogen-bond acceptors (Lipinski definition) is 1. The van der Waals surface area contributed by atoms with Gasteiger partial charge in [-0.1, -0.05) is 120 Å². The molecule has 0 aliphatic heterocycles. The van der Waals surface area contributed by atoms with E-state index >= 15 is 0 Å². The molecule has 0 aromatic heterocycles. The number of allylic oxidation sites excluding steroid dienone is 3. The minimum Gasteiger partial charge on any atom is -0.113 e. The molecule has 1 heteroatoms. The van der Waals surface area contributed by atoms with Crippen LogP contribution in [0.5, 0.6) is 0 Å². The van der Waals surface area contributed by atoms with Gasteiger partial charge in [-0.2, -0.15) is 0 Å². The maximum absolute atomic E-state index is 2.49. The molecule has 168 valence electrons. The number of thioether (sulfide) groups is 1. The number of benzene rings is 4. The fourth-order valence-corrected chi connectivity index (χ4v) is 5.71. The predicted molar refractivity (Wildman–Crippen MR) is 147 cm³/mol. The van der Waals surface area contributed by atoms with Gasteiger partial charge in [0.15, 0.2) is 0 Å². The largest absolute Gasteiger partial charge is 0.113 e. The first kappa shape index (κ1) is 22.5. The van der Waals surface area contributed by atoms with Crippen LogP contribution in [0.25, 0.3) is 5.57 Å². The Bertz CT molecular complexity index is 1310. The second kappa shape index (κ2) is 9.91. The number of aryl methyl sites for hydroxylation is 3. The quantitative estimate of drug-likeness (QED) is 0.259. The highest BCUT2D eigenvalue weighted by Crippen LogP contribution is 2.50. The van der Waals surface area contributed by atoms with Crippen molar-refractivity contribution in [1.82, 2.24) is 0 Å². The van der Waals surface area contributed by atoms with Gasteiger partial charge in [0, 0.05) is 10.8 Å². The summed E-state index contributed by atoms with van der Waals surface area (Å²) in [7, 11) is 0. The van der Waals surface area contributed by atoms with Gasteiger partial charge >= 0.3 is 0 Å². The molecule has 5 rings (SSSR count). The molecule has 4 aromatic carbocycles. The molecular formula is C33H30S. The van der Waals surface area contributed by atoms with E-state index in [0.29, 0.717) is 0 Å². The summed E-state index contributed by atoms with van der Waals surface area (Å²) < 4.78 is 0. The van der Waals surface area contributed by atoms with Crippen LogP contribution in [-0.2, 0) is 0 Å². The van der Waals surface area contributed by atoms with Crippen molar-refractivity contribution in [3.8, 4) is 0 Å². The number of rotatable bonds is 6. The molecule has 0 heterocycles. The van der Waals surface area contributed by atoms with Crippen molar-refractivity contribution < 1.29 is 0 Å².